The van der Waals surface area contributed by atoms with Gasteiger partial charge in [-0.3, -0.25) is 4.79 Å². The Hall–Kier alpha value is -1.95. The third kappa shape index (κ3) is 2.31. The van der Waals surface area contributed by atoms with Gasteiger partial charge >= 0.3 is 0 Å². The van der Waals surface area contributed by atoms with Crippen LogP contribution in [0.5, 0.6) is 0 Å². The van der Waals surface area contributed by atoms with Gasteiger partial charge in [-0.2, -0.15) is 5.10 Å². The number of hydrogen-bond acceptors (Lipinski definition) is 4. The number of aryl methyl sites for hydroxylation is 1. The van der Waals surface area contributed by atoms with Crippen LogP contribution in [-0.4, -0.2) is 25.9 Å². The highest BCUT2D eigenvalue weighted by Gasteiger charge is 2.18. The smallest absolute Gasteiger partial charge is 0.269 e. The van der Waals surface area contributed by atoms with Gasteiger partial charge in [0.05, 0.1) is 6.20 Å². The number of imidazole rings is 1. The van der Waals surface area contributed by atoms with Crippen LogP contribution in [0, 0.1) is 0 Å². The molecule has 1 aliphatic heterocycles. The van der Waals surface area contributed by atoms with Crippen molar-refractivity contribution in [3.8, 4) is 11.4 Å². The molecule has 100 valence electrons. The van der Waals surface area contributed by atoms with Crippen molar-refractivity contribution in [2.75, 3.05) is 6.61 Å². The lowest BCUT2D eigenvalue weighted by Crippen LogP contribution is -2.30. The summed E-state index contributed by atoms with van der Waals surface area (Å²) in [5.74, 6) is 0.737. The maximum atomic E-state index is 12.1. The highest BCUT2D eigenvalue weighted by molar-refractivity contribution is 5.52. The SMILES string of the molecule is Cn1ccnc1-c1cnn(C2CCCCO2)c(=O)c1. The van der Waals surface area contributed by atoms with Gasteiger partial charge in [0, 0.05) is 37.7 Å². The Morgan fingerprint density at radius 1 is 1.42 bits per heavy atom. The van der Waals surface area contributed by atoms with Gasteiger partial charge < -0.3 is 9.30 Å². The van der Waals surface area contributed by atoms with Crippen LogP contribution >= 0.6 is 0 Å². The molecule has 0 saturated carbocycles. The molecule has 0 spiro atoms. The summed E-state index contributed by atoms with van der Waals surface area (Å²) in [7, 11) is 1.89. The van der Waals surface area contributed by atoms with E-state index in [0.29, 0.717) is 6.61 Å². The average Bonchev–Trinajstić information content (AvgIpc) is 2.86. The van der Waals surface area contributed by atoms with Gasteiger partial charge in [0.25, 0.3) is 5.56 Å². The van der Waals surface area contributed by atoms with Gasteiger partial charge in [0.2, 0.25) is 0 Å². The number of nitrogens with zero attached hydrogens (tertiary/aromatic N) is 4. The van der Waals surface area contributed by atoms with Crippen molar-refractivity contribution < 1.29 is 4.74 Å². The van der Waals surface area contributed by atoms with Crippen molar-refractivity contribution in [3.05, 3.63) is 35.0 Å². The summed E-state index contributed by atoms with van der Waals surface area (Å²) >= 11 is 0. The highest BCUT2D eigenvalue weighted by Crippen LogP contribution is 2.20. The average molecular weight is 260 g/mol. The van der Waals surface area contributed by atoms with Crippen molar-refractivity contribution in [1.82, 2.24) is 19.3 Å². The van der Waals surface area contributed by atoms with E-state index in [0.717, 1.165) is 30.7 Å². The molecule has 0 bridgehead atoms. The first kappa shape index (κ1) is 12.1. The molecular weight excluding hydrogens is 244 g/mol. The Morgan fingerprint density at radius 2 is 2.32 bits per heavy atom. The second-order valence-corrected chi connectivity index (χ2v) is 4.71. The lowest BCUT2D eigenvalue weighted by molar-refractivity contribution is -0.0424. The van der Waals surface area contributed by atoms with E-state index in [1.807, 2.05) is 17.8 Å². The predicted molar refractivity (Wildman–Crippen MR) is 69.5 cm³/mol. The van der Waals surface area contributed by atoms with Gasteiger partial charge in [-0.1, -0.05) is 0 Å². The number of aromatic nitrogens is 4. The summed E-state index contributed by atoms with van der Waals surface area (Å²) in [4.78, 5) is 16.3. The normalized spacial score (nSPS) is 19.5. The molecule has 6 nitrogen and oxygen atoms in total. The van der Waals surface area contributed by atoms with E-state index in [4.69, 9.17) is 4.74 Å². The maximum absolute atomic E-state index is 12.1. The van der Waals surface area contributed by atoms with Crippen molar-refractivity contribution in [3.63, 3.8) is 0 Å². The standard InChI is InChI=1S/C13H16N4O2/c1-16-6-5-14-13(16)10-8-11(18)17(15-9-10)12-4-2-3-7-19-12/h5-6,8-9,12H,2-4,7H2,1H3. The molecule has 1 fully saturated rings. The summed E-state index contributed by atoms with van der Waals surface area (Å²) in [6, 6.07) is 1.56. The molecule has 3 heterocycles. The number of hydrogen-bond donors (Lipinski definition) is 0. The van der Waals surface area contributed by atoms with Gasteiger partial charge in [-0.25, -0.2) is 9.67 Å². The second-order valence-electron chi connectivity index (χ2n) is 4.71. The summed E-state index contributed by atoms with van der Waals surface area (Å²) in [5.41, 5.74) is 0.581. The van der Waals surface area contributed by atoms with Crippen LogP contribution in [0.4, 0.5) is 0 Å². The molecular formula is C13H16N4O2. The molecule has 0 amide bonds. The third-order valence-electron chi connectivity index (χ3n) is 3.33. The molecule has 2 aromatic rings. The second kappa shape index (κ2) is 4.97. The Kier molecular flexibility index (Phi) is 3.16. The molecule has 1 saturated heterocycles. The molecule has 0 radical (unpaired) electrons. The van der Waals surface area contributed by atoms with Crippen molar-refractivity contribution >= 4 is 0 Å². The van der Waals surface area contributed by atoms with Gasteiger partial charge in [-0.15, -0.1) is 0 Å². The van der Waals surface area contributed by atoms with Crippen LogP contribution in [0.15, 0.2) is 29.5 Å². The maximum Gasteiger partial charge on any atom is 0.269 e. The third-order valence-corrected chi connectivity index (χ3v) is 3.33. The molecule has 2 aromatic heterocycles. The molecule has 1 atom stereocenters. The minimum atomic E-state index is -0.225. The summed E-state index contributed by atoms with van der Waals surface area (Å²) in [6.07, 6.45) is 7.94. The Morgan fingerprint density at radius 3 is 2.95 bits per heavy atom. The van der Waals surface area contributed by atoms with Crippen LogP contribution in [-0.2, 0) is 11.8 Å². The minimum absolute atomic E-state index is 0.146. The van der Waals surface area contributed by atoms with Gasteiger partial charge in [-0.05, 0) is 19.3 Å². The molecule has 6 heteroatoms. The Bertz CT molecular complexity index is 626. The molecule has 0 aromatic carbocycles. The molecule has 3 rings (SSSR count). The largest absolute Gasteiger partial charge is 0.356 e. The van der Waals surface area contributed by atoms with E-state index in [1.165, 1.54) is 4.68 Å². The zero-order valence-electron chi connectivity index (χ0n) is 10.8. The fourth-order valence-electron chi connectivity index (χ4n) is 2.32. The zero-order chi connectivity index (χ0) is 13.2. The van der Waals surface area contributed by atoms with Crippen molar-refractivity contribution in [1.29, 1.82) is 0 Å². The molecule has 1 unspecified atom stereocenters. The fraction of sp³-hybridized carbons (Fsp3) is 0.462. The predicted octanol–water partition coefficient (Wildman–Crippen LogP) is 1.34. The number of rotatable bonds is 2. The van der Waals surface area contributed by atoms with Crippen LogP contribution in [0.2, 0.25) is 0 Å². The zero-order valence-corrected chi connectivity index (χ0v) is 10.8. The summed E-state index contributed by atoms with van der Waals surface area (Å²) in [5, 5.41) is 4.22. The van der Waals surface area contributed by atoms with Crippen LogP contribution in [0.25, 0.3) is 11.4 Å². The van der Waals surface area contributed by atoms with Crippen LogP contribution in [0.1, 0.15) is 25.5 Å². The van der Waals surface area contributed by atoms with E-state index < -0.39 is 0 Å². The molecule has 0 N–H and O–H groups in total. The van der Waals surface area contributed by atoms with Crippen LogP contribution < -0.4 is 5.56 Å². The Labute approximate surface area is 110 Å². The first-order chi connectivity index (χ1) is 9.25. The number of ether oxygens (including phenoxy) is 1. The molecule has 0 aliphatic carbocycles. The van der Waals surface area contributed by atoms with Gasteiger partial charge in [0.1, 0.15) is 5.82 Å². The quantitative estimate of drug-likeness (QED) is 0.817. The highest BCUT2D eigenvalue weighted by atomic mass is 16.5. The van der Waals surface area contributed by atoms with E-state index in [2.05, 4.69) is 10.1 Å². The van der Waals surface area contributed by atoms with E-state index in [1.54, 1.807) is 18.5 Å². The minimum Gasteiger partial charge on any atom is -0.356 e. The van der Waals surface area contributed by atoms with E-state index in [-0.39, 0.29) is 11.8 Å². The van der Waals surface area contributed by atoms with Gasteiger partial charge in [0.15, 0.2) is 6.23 Å². The molecule has 1 aliphatic rings. The Balaban J connectivity index is 1.94. The van der Waals surface area contributed by atoms with E-state index >= 15 is 0 Å². The van der Waals surface area contributed by atoms with Crippen molar-refractivity contribution in [2.24, 2.45) is 7.05 Å². The fourth-order valence-corrected chi connectivity index (χ4v) is 2.32. The summed E-state index contributed by atoms with van der Waals surface area (Å²) in [6.45, 7) is 0.694. The lowest BCUT2D eigenvalue weighted by Gasteiger charge is -2.23. The first-order valence-electron chi connectivity index (χ1n) is 6.44. The monoisotopic (exact) mass is 260 g/mol. The summed E-state index contributed by atoms with van der Waals surface area (Å²) < 4.78 is 8.86. The molecule has 19 heavy (non-hydrogen) atoms. The lowest BCUT2D eigenvalue weighted by atomic mass is 10.2. The first-order valence-corrected chi connectivity index (χ1v) is 6.44. The van der Waals surface area contributed by atoms with Crippen LogP contribution in [0.3, 0.4) is 0 Å². The van der Waals surface area contributed by atoms with E-state index in [9.17, 15) is 4.79 Å². The van der Waals surface area contributed by atoms with Crippen molar-refractivity contribution in [2.45, 2.75) is 25.5 Å². The topological polar surface area (TPSA) is 61.9 Å².